The predicted molar refractivity (Wildman–Crippen MR) is 92.7 cm³/mol. The number of thioether (sulfide) groups is 1. The van der Waals surface area contributed by atoms with E-state index in [1.807, 2.05) is 24.3 Å². The molecule has 2 heterocycles. The van der Waals surface area contributed by atoms with Crippen LogP contribution in [0.1, 0.15) is 38.3 Å². The summed E-state index contributed by atoms with van der Waals surface area (Å²) < 4.78 is 1.62. The topological polar surface area (TPSA) is 58.7 Å². The van der Waals surface area contributed by atoms with Crippen LogP contribution in [0.3, 0.4) is 0 Å². The Kier molecular flexibility index (Phi) is 4.03. The van der Waals surface area contributed by atoms with Crippen LogP contribution in [0.25, 0.3) is 11.3 Å². The minimum atomic E-state index is -0.223. The molecule has 4 nitrogen and oxygen atoms in total. The summed E-state index contributed by atoms with van der Waals surface area (Å²) in [5.41, 5.74) is 2.51. The Labute approximate surface area is 140 Å². The molecule has 1 aromatic carbocycles. The highest BCUT2D eigenvalue weighted by Gasteiger charge is 2.21. The molecule has 0 amide bonds. The molecule has 0 unspecified atom stereocenters. The fraction of sp³-hybridized carbons (Fsp3) is 0.389. The highest BCUT2D eigenvalue weighted by atomic mass is 32.2. The van der Waals surface area contributed by atoms with Gasteiger partial charge in [0.15, 0.2) is 5.16 Å². The number of nitriles is 1. The summed E-state index contributed by atoms with van der Waals surface area (Å²) in [6, 6.07) is 10.0. The maximum atomic E-state index is 12.6. The number of hydrogen-bond donors (Lipinski definition) is 0. The van der Waals surface area contributed by atoms with Crippen molar-refractivity contribution in [2.45, 2.75) is 44.3 Å². The highest BCUT2D eigenvalue weighted by Crippen LogP contribution is 2.29. The first kappa shape index (κ1) is 15.8. The van der Waals surface area contributed by atoms with Crippen LogP contribution >= 0.6 is 11.8 Å². The second-order valence-electron chi connectivity index (χ2n) is 6.72. The summed E-state index contributed by atoms with van der Waals surface area (Å²) in [7, 11) is 0. The maximum absolute atomic E-state index is 12.6. The van der Waals surface area contributed by atoms with Crippen molar-refractivity contribution in [2.24, 2.45) is 0 Å². The molecule has 0 atom stereocenters. The minimum absolute atomic E-state index is 0.0647. The fourth-order valence-electron chi connectivity index (χ4n) is 2.67. The van der Waals surface area contributed by atoms with Gasteiger partial charge in [0.2, 0.25) is 0 Å². The summed E-state index contributed by atoms with van der Waals surface area (Å²) in [5.74, 6) is 0.959. The molecule has 0 aliphatic carbocycles. The van der Waals surface area contributed by atoms with Gasteiger partial charge in [-0.15, -0.1) is 0 Å². The first-order chi connectivity index (χ1) is 10.9. The molecule has 0 saturated heterocycles. The van der Waals surface area contributed by atoms with E-state index in [0.29, 0.717) is 12.2 Å². The van der Waals surface area contributed by atoms with Crippen molar-refractivity contribution in [3.8, 4) is 17.3 Å². The van der Waals surface area contributed by atoms with Crippen LogP contribution in [0.15, 0.2) is 34.2 Å². The molecule has 1 aliphatic rings. The number of benzene rings is 1. The van der Waals surface area contributed by atoms with Gasteiger partial charge in [0, 0.05) is 17.9 Å². The molecule has 3 rings (SSSR count). The highest BCUT2D eigenvalue weighted by molar-refractivity contribution is 7.99. The van der Waals surface area contributed by atoms with E-state index < -0.39 is 0 Å². The van der Waals surface area contributed by atoms with E-state index >= 15 is 0 Å². The Morgan fingerprint density at radius 3 is 2.57 bits per heavy atom. The Hall–Kier alpha value is -2.06. The van der Waals surface area contributed by atoms with Crippen LogP contribution in [0.4, 0.5) is 0 Å². The normalized spacial score (nSPS) is 14.2. The maximum Gasteiger partial charge on any atom is 0.272 e. The van der Waals surface area contributed by atoms with Crippen LogP contribution in [-0.4, -0.2) is 15.3 Å². The first-order valence-corrected chi connectivity index (χ1v) is 8.69. The van der Waals surface area contributed by atoms with Crippen LogP contribution in [0.2, 0.25) is 0 Å². The van der Waals surface area contributed by atoms with Gasteiger partial charge < -0.3 is 0 Å². The summed E-state index contributed by atoms with van der Waals surface area (Å²) in [6.07, 6.45) is 0.934. The molecule has 118 valence electrons. The van der Waals surface area contributed by atoms with Gasteiger partial charge in [-0.05, 0) is 17.4 Å². The fourth-order valence-corrected chi connectivity index (χ4v) is 3.61. The van der Waals surface area contributed by atoms with Gasteiger partial charge in [-0.25, -0.2) is 4.98 Å². The third-order valence-electron chi connectivity index (χ3n) is 4.03. The number of nitrogens with zero attached hydrogens (tertiary/aromatic N) is 3. The Bertz CT molecular complexity index is 839. The third kappa shape index (κ3) is 2.91. The van der Waals surface area contributed by atoms with E-state index in [1.54, 1.807) is 16.3 Å². The average Bonchev–Trinajstić information content (AvgIpc) is 2.54. The molecular formula is C18H19N3OS. The first-order valence-electron chi connectivity index (χ1n) is 7.70. The van der Waals surface area contributed by atoms with Crippen LogP contribution < -0.4 is 5.56 Å². The predicted octanol–water partition coefficient (Wildman–Crippen LogP) is 3.58. The molecule has 1 aromatic heterocycles. The van der Waals surface area contributed by atoms with Gasteiger partial charge in [0.1, 0.15) is 11.6 Å². The standard InChI is InChI=1S/C18H19N3OS/c1-18(2,3)13-7-5-12(6-8-13)15-14(11-19)16(22)21-9-4-10-23-17(21)20-15/h5-8H,4,9-10H2,1-3H3. The molecule has 0 fully saturated rings. The summed E-state index contributed by atoms with van der Waals surface area (Å²) in [4.78, 5) is 17.2. The third-order valence-corrected chi connectivity index (χ3v) is 5.09. The van der Waals surface area contributed by atoms with E-state index in [2.05, 4.69) is 31.8 Å². The van der Waals surface area contributed by atoms with Gasteiger partial charge >= 0.3 is 0 Å². The molecule has 0 bridgehead atoms. The van der Waals surface area contributed by atoms with E-state index in [9.17, 15) is 10.1 Å². The molecule has 2 aromatic rings. The van der Waals surface area contributed by atoms with Gasteiger partial charge in [0.05, 0.1) is 5.69 Å². The second kappa shape index (κ2) is 5.86. The van der Waals surface area contributed by atoms with Crippen molar-refractivity contribution < 1.29 is 0 Å². The quantitative estimate of drug-likeness (QED) is 0.752. The monoisotopic (exact) mass is 325 g/mol. The van der Waals surface area contributed by atoms with Gasteiger partial charge in [-0.1, -0.05) is 56.8 Å². The van der Waals surface area contributed by atoms with Crippen LogP contribution in [-0.2, 0) is 12.0 Å². The zero-order valence-corrected chi connectivity index (χ0v) is 14.4. The Balaban J connectivity index is 2.15. The second-order valence-corrected chi connectivity index (χ2v) is 7.78. The molecule has 1 aliphatic heterocycles. The van der Waals surface area contributed by atoms with Crippen LogP contribution in [0, 0.1) is 11.3 Å². The molecule has 0 saturated carbocycles. The van der Waals surface area contributed by atoms with Crippen molar-refractivity contribution >= 4 is 11.8 Å². The molecule has 5 heteroatoms. The number of fused-ring (bicyclic) bond motifs is 1. The molecule has 23 heavy (non-hydrogen) atoms. The summed E-state index contributed by atoms with van der Waals surface area (Å²) in [6.45, 7) is 7.11. The lowest BCUT2D eigenvalue weighted by Gasteiger charge is -2.20. The summed E-state index contributed by atoms with van der Waals surface area (Å²) >= 11 is 1.58. The van der Waals surface area contributed by atoms with Crippen molar-refractivity contribution in [1.29, 1.82) is 5.26 Å². The molecule has 0 N–H and O–H groups in total. The Morgan fingerprint density at radius 2 is 1.96 bits per heavy atom. The van der Waals surface area contributed by atoms with E-state index in [0.717, 1.165) is 22.9 Å². The number of aromatic nitrogens is 2. The smallest absolute Gasteiger partial charge is 0.272 e. The largest absolute Gasteiger partial charge is 0.286 e. The lowest BCUT2D eigenvalue weighted by Crippen LogP contribution is -2.28. The van der Waals surface area contributed by atoms with E-state index in [-0.39, 0.29) is 16.5 Å². The number of hydrogen-bond acceptors (Lipinski definition) is 4. The minimum Gasteiger partial charge on any atom is -0.286 e. The summed E-state index contributed by atoms with van der Waals surface area (Å²) in [5, 5.41) is 10.2. The van der Waals surface area contributed by atoms with Gasteiger partial charge in [0.25, 0.3) is 5.56 Å². The van der Waals surface area contributed by atoms with E-state index in [4.69, 9.17) is 0 Å². The van der Waals surface area contributed by atoms with E-state index in [1.165, 1.54) is 5.56 Å². The lowest BCUT2D eigenvalue weighted by molar-refractivity contribution is 0.562. The van der Waals surface area contributed by atoms with Gasteiger partial charge in [-0.3, -0.25) is 9.36 Å². The number of rotatable bonds is 1. The van der Waals surface area contributed by atoms with Crippen molar-refractivity contribution in [2.75, 3.05) is 5.75 Å². The molecule has 0 radical (unpaired) electrons. The average molecular weight is 325 g/mol. The molecular weight excluding hydrogens is 306 g/mol. The zero-order valence-electron chi connectivity index (χ0n) is 13.6. The van der Waals surface area contributed by atoms with Crippen molar-refractivity contribution in [1.82, 2.24) is 9.55 Å². The van der Waals surface area contributed by atoms with Gasteiger partial charge in [-0.2, -0.15) is 5.26 Å². The van der Waals surface area contributed by atoms with Crippen molar-refractivity contribution in [3.63, 3.8) is 0 Å². The SMILES string of the molecule is CC(C)(C)c1ccc(-c2nc3n(c(=O)c2C#N)CCCS3)cc1. The zero-order chi connectivity index (χ0) is 16.6. The van der Waals surface area contributed by atoms with Crippen molar-refractivity contribution in [3.05, 3.63) is 45.7 Å². The Morgan fingerprint density at radius 1 is 1.26 bits per heavy atom. The lowest BCUT2D eigenvalue weighted by atomic mass is 9.86. The molecule has 0 spiro atoms. The van der Waals surface area contributed by atoms with Crippen LogP contribution in [0.5, 0.6) is 0 Å².